The van der Waals surface area contributed by atoms with Crippen LogP contribution in [0.2, 0.25) is 0 Å². The van der Waals surface area contributed by atoms with Crippen molar-refractivity contribution in [2.75, 3.05) is 37.2 Å². The van der Waals surface area contributed by atoms with E-state index < -0.39 is 6.09 Å². The van der Waals surface area contributed by atoms with Gasteiger partial charge in [-0.05, 0) is 74.4 Å². The molecule has 2 aromatic heterocycles. The summed E-state index contributed by atoms with van der Waals surface area (Å²) in [6, 6.07) is 11.1. The summed E-state index contributed by atoms with van der Waals surface area (Å²) in [5, 5.41) is 3.79. The number of benzene rings is 1. The first-order chi connectivity index (χ1) is 19.0. The molecule has 1 aromatic carbocycles. The zero-order chi connectivity index (χ0) is 27.0. The third-order valence-corrected chi connectivity index (χ3v) is 8.62. The molecule has 39 heavy (non-hydrogen) atoms. The number of carbonyl (C=O) groups excluding carboxylic acids is 2. The predicted octanol–water partition coefficient (Wildman–Crippen LogP) is 5.29. The fraction of sp³-hybridized carbons (Fsp3) is 0.448. The van der Waals surface area contributed by atoms with Gasteiger partial charge in [0.05, 0.1) is 11.9 Å². The van der Waals surface area contributed by atoms with E-state index in [4.69, 9.17) is 4.74 Å². The van der Waals surface area contributed by atoms with Gasteiger partial charge in [-0.2, -0.15) is 0 Å². The molecular weight excluding hydrogens is 512 g/mol. The molecule has 2 aliphatic heterocycles. The second-order valence-corrected chi connectivity index (χ2v) is 11.5. The lowest BCUT2D eigenvalue weighted by molar-refractivity contribution is 0.102. The van der Waals surface area contributed by atoms with Crippen molar-refractivity contribution in [1.82, 2.24) is 24.8 Å². The number of aromatic nitrogens is 3. The molecule has 2 N–H and O–H groups in total. The van der Waals surface area contributed by atoms with Gasteiger partial charge in [-0.3, -0.25) is 9.69 Å². The smallest absolute Gasteiger partial charge is 0.391 e. The van der Waals surface area contributed by atoms with E-state index in [0.29, 0.717) is 30.3 Å². The van der Waals surface area contributed by atoms with Gasteiger partial charge < -0.3 is 19.9 Å². The SMILES string of the molecule is CC1CCN(Cc2ccc(C(=O)Nc3ccc(OC(=O)N4CCC(CSc5ncc[nH]5)CC4)nc3)cc2)CC1. The van der Waals surface area contributed by atoms with Crippen molar-refractivity contribution in [3.05, 3.63) is 66.1 Å². The Bertz CT molecular complexity index is 1200. The summed E-state index contributed by atoms with van der Waals surface area (Å²) < 4.78 is 5.47. The second-order valence-electron chi connectivity index (χ2n) is 10.5. The van der Waals surface area contributed by atoms with Crippen LogP contribution in [-0.4, -0.2) is 68.7 Å². The molecule has 0 aliphatic carbocycles. The highest BCUT2D eigenvalue weighted by molar-refractivity contribution is 7.99. The monoisotopic (exact) mass is 548 g/mol. The van der Waals surface area contributed by atoms with Gasteiger partial charge in [-0.15, -0.1) is 0 Å². The minimum Gasteiger partial charge on any atom is -0.391 e. The first-order valence-corrected chi connectivity index (χ1v) is 14.7. The summed E-state index contributed by atoms with van der Waals surface area (Å²) in [4.78, 5) is 41.1. The number of H-pyrrole nitrogens is 1. The van der Waals surface area contributed by atoms with Gasteiger partial charge in [0, 0.05) is 49.4 Å². The van der Waals surface area contributed by atoms with Gasteiger partial charge in [-0.1, -0.05) is 30.8 Å². The fourth-order valence-corrected chi connectivity index (χ4v) is 5.93. The Morgan fingerprint density at radius 2 is 1.79 bits per heavy atom. The molecule has 2 fully saturated rings. The van der Waals surface area contributed by atoms with Crippen molar-refractivity contribution in [1.29, 1.82) is 0 Å². The van der Waals surface area contributed by atoms with Crippen LogP contribution in [0.1, 0.15) is 48.5 Å². The Morgan fingerprint density at radius 1 is 1.03 bits per heavy atom. The second kappa shape index (κ2) is 13.1. The standard InChI is InChI=1S/C29H36N6O3S/c1-21-8-14-34(15-9-21)19-22-2-4-24(5-3-22)27(36)33-25-6-7-26(32-18-25)38-29(37)35-16-10-23(11-17-35)20-39-28-30-12-13-31-28/h2-7,12-13,18,21,23H,8-11,14-17,19-20H2,1H3,(H,30,31)(H,33,36). The molecule has 10 heteroatoms. The van der Waals surface area contributed by atoms with Crippen molar-refractivity contribution in [3.63, 3.8) is 0 Å². The summed E-state index contributed by atoms with van der Waals surface area (Å²) >= 11 is 1.71. The van der Waals surface area contributed by atoms with Gasteiger partial charge in [-0.25, -0.2) is 14.8 Å². The third kappa shape index (κ3) is 7.83. The van der Waals surface area contributed by atoms with Gasteiger partial charge in [0.25, 0.3) is 5.91 Å². The van der Waals surface area contributed by atoms with Crippen LogP contribution in [0.5, 0.6) is 5.88 Å². The van der Waals surface area contributed by atoms with Crippen molar-refractivity contribution in [2.24, 2.45) is 11.8 Å². The van der Waals surface area contributed by atoms with E-state index in [0.717, 1.165) is 49.3 Å². The minimum atomic E-state index is -0.393. The van der Waals surface area contributed by atoms with E-state index in [1.165, 1.54) is 24.6 Å². The van der Waals surface area contributed by atoms with E-state index in [1.807, 2.05) is 30.5 Å². The number of hydrogen-bond donors (Lipinski definition) is 2. The highest BCUT2D eigenvalue weighted by Gasteiger charge is 2.25. The molecule has 3 aromatic rings. The van der Waals surface area contributed by atoms with Gasteiger partial charge >= 0.3 is 6.09 Å². The van der Waals surface area contributed by atoms with Crippen molar-refractivity contribution < 1.29 is 14.3 Å². The first kappa shape index (κ1) is 27.2. The Labute approximate surface area is 233 Å². The van der Waals surface area contributed by atoms with Crippen molar-refractivity contribution in [3.8, 4) is 5.88 Å². The number of piperidine rings is 2. The number of nitrogens with zero attached hydrogens (tertiary/aromatic N) is 4. The number of anilines is 1. The highest BCUT2D eigenvalue weighted by atomic mass is 32.2. The molecule has 9 nitrogen and oxygen atoms in total. The number of amides is 2. The molecule has 206 valence electrons. The highest BCUT2D eigenvalue weighted by Crippen LogP contribution is 2.25. The number of rotatable bonds is 8. The quantitative estimate of drug-likeness (QED) is 0.369. The molecule has 0 saturated carbocycles. The number of nitrogens with one attached hydrogen (secondary N) is 2. The Morgan fingerprint density at radius 3 is 2.46 bits per heavy atom. The fourth-order valence-electron chi connectivity index (χ4n) is 4.92. The zero-order valence-electron chi connectivity index (χ0n) is 22.3. The van der Waals surface area contributed by atoms with E-state index >= 15 is 0 Å². The van der Waals surface area contributed by atoms with Crippen molar-refractivity contribution in [2.45, 2.75) is 44.3 Å². The summed E-state index contributed by atoms with van der Waals surface area (Å²) in [5.74, 6) is 2.35. The van der Waals surface area contributed by atoms with Crippen LogP contribution in [0.25, 0.3) is 0 Å². The summed E-state index contributed by atoms with van der Waals surface area (Å²) in [6.07, 6.45) is 9.05. The maximum absolute atomic E-state index is 12.7. The molecule has 0 atom stereocenters. The van der Waals surface area contributed by atoms with E-state index in [-0.39, 0.29) is 11.8 Å². The normalized spacial score (nSPS) is 17.2. The Balaban J connectivity index is 1.04. The molecule has 0 radical (unpaired) electrons. The van der Waals surface area contributed by atoms with Gasteiger partial charge in [0.1, 0.15) is 0 Å². The van der Waals surface area contributed by atoms with Crippen LogP contribution in [0.3, 0.4) is 0 Å². The van der Waals surface area contributed by atoms with E-state index in [9.17, 15) is 9.59 Å². The van der Waals surface area contributed by atoms with E-state index in [1.54, 1.807) is 35.0 Å². The summed E-state index contributed by atoms with van der Waals surface area (Å²) in [7, 11) is 0. The molecule has 2 amide bonds. The number of likely N-dealkylation sites (tertiary alicyclic amines) is 2. The maximum Gasteiger partial charge on any atom is 0.416 e. The number of aromatic amines is 1. The third-order valence-electron chi connectivity index (χ3n) is 7.49. The average molecular weight is 549 g/mol. The molecule has 2 aliphatic rings. The number of imidazole rings is 1. The molecule has 2 saturated heterocycles. The molecule has 0 spiro atoms. The average Bonchev–Trinajstić information content (AvgIpc) is 3.49. The lowest BCUT2D eigenvalue weighted by Crippen LogP contribution is -2.40. The molecule has 5 rings (SSSR count). The summed E-state index contributed by atoms with van der Waals surface area (Å²) in [5.41, 5.74) is 2.35. The van der Waals surface area contributed by atoms with Crippen LogP contribution in [0, 0.1) is 11.8 Å². The van der Waals surface area contributed by atoms with Crippen LogP contribution in [0.4, 0.5) is 10.5 Å². The lowest BCUT2D eigenvalue weighted by atomic mass is 9.99. The summed E-state index contributed by atoms with van der Waals surface area (Å²) in [6.45, 7) is 6.81. The largest absolute Gasteiger partial charge is 0.416 e. The van der Waals surface area contributed by atoms with Crippen molar-refractivity contribution >= 4 is 29.4 Å². The molecule has 4 heterocycles. The molecular formula is C29H36N6O3S. The number of carbonyl (C=O) groups is 2. The topological polar surface area (TPSA) is 103 Å². The van der Waals surface area contributed by atoms with Crippen LogP contribution in [0.15, 0.2) is 60.1 Å². The van der Waals surface area contributed by atoms with Crippen LogP contribution >= 0.6 is 11.8 Å². The maximum atomic E-state index is 12.7. The number of hydrogen-bond acceptors (Lipinski definition) is 7. The molecule has 0 bridgehead atoms. The van der Waals surface area contributed by atoms with Gasteiger partial charge in [0.2, 0.25) is 5.88 Å². The number of ether oxygens (including phenoxy) is 1. The predicted molar refractivity (Wildman–Crippen MR) is 152 cm³/mol. The lowest BCUT2D eigenvalue weighted by Gasteiger charge is -2.30. The van der Waals surface area contributed by atoms with Crippen LogP contribution in [-0.2, 0) is 6.54 Å². The van der Waals surface area contributed by atoms with Gasteiger partial charge in [0.15, 0.2) is 5.16 Å². The van der Waals surface area contributed by atoms with E-state index in [2.05, 4.69) is 32.1 Å². The first-order valence-electron chi connectivity index (χ1n) is 13.7. The Hall–Kier alpha value is -3.37. The number of thioether (sulfide) groups is 1. The minimum absolute atomic E-state index is 0.201. The molecule has 0 unspecified atom stereocenters. The Kier molecular flexibility index (Phi) is 9.15. The zero-order valence-corrected chi connectivity index (χ0v) is 23.2. The van der Waals surface area contributed by atoms with Crippen LogP contribution < -0.4 is 10.1 Å². The number of pyridine rings is 1.